The summed E-state index contributed by atoms with van der Waals surface area (Å²) >= 11 is 7.84. The minimum Gasteiger partial charge on any atom is -0.325 e. The van der Waals surface area contributed by atoms with Crippen LogP contribution in [0.5, 0.6) is 0 Å². The predicted molar refractivity (Wildman–Crippen MR) is 78.6 cm³/mol. The molecule has 5 heteroatoms. The van der Waals surface area contributed by atoms with Crippen molar-refractivity contribution >= 4 is 35.0 Å². The highest BCUT2D eigenvalue weighted by Gasteiger charge is 2.15. The molecule has 1 aromatic rings. The summed E-state index contributed by atoms with van der Waals surface area (Å²) in [5.41, 5.74) is 1.80. The Labute approximate surface area is 117 Å². The summed E-state index contributed by atoms with van der Waals surface area (Å²) in [6.07, 6.45) is 1.15. The Kier molecular flexibility index (Phi) is 4.92. The predicted octanol–water partition coefficient (Wildman–Crippen LogP) is 2.68. The van der Waals surface area contributed by atoms with Gasteiger partial charge in [0.25, 0.3) is 0 Å². The van der Waals surface area contributed by atoms with Gasteiger partial charge in [0.05, 0.1) is 6.54 Å². The van der Waals surface area contributed by atoms with E-state index >= 15 is 0 Å². The molecule has 1 unspecified atom stereocenters. The van der Waals surface area contributed by atoms with Crippen LogP contribution in [0.25, 0.3) is 0 Å². The molecule has 1 aromatic carbocycles. The molecule has 1 aliphatic rings. The Hall–Kier alpha value is -0.710. The molecule has 2 rings (SSSR count). The van der Waals surface area contributed by atoms with Gasteiger partial charge in [-0.05, 0) is 36.8 Å². The SMILES string of the molecule is Cc1ccc(Cl)cc1NC(=O)CNC1CCSC1. The van der Waals surface area contributed by atoms with E-state index in [1.54, 1.807) is 6.07 Å². The van der Waals surface area contributed by atoms with E-state index in [-0.39, 0.29) is 5.91 Å². The molecule has 0 aromatic heterocycles. The van der Waals surface area contributed by atoms with Crippen LogP contribution in [-0.2, 0) is 4.79 Å². The van der Waals surface area contributed by atoms with E-state index in [2.05, 4.69) is 10.6 Å². The third-order valence-corrected chi connectivity index (χ3v) is 4.35. The standard InChI is InChI=1S/C13H17ClN2OS/c1-9-2-3-10(14)6-12(9)16-13(17)7-15-11-4-5-18-8-11/h2-3,6,11,15H,4-5,7-8H2,1H3,(H,16,17). The van der Waals surface area contributed by atoms with Gasteiger partial charge in [0.2, 0.25) is 5.91 Å². The number of nitrogens with one attached hydrogen (secondary N) is 2. The second-order valence-electron chi connectivity index (χ2n) is 4.45. The number of rotatable bonds is 4. The number of anilines is 1. The van der Waals surface area contributed by atoms with Crippen LogP contribution in [0.4, 0.5) is 5.69 Å². The average molecular weight is 285 g/mol. The Balaban J connectivity index is 1.84. The largest absolute Gasteiger partial charge is 0.325 e. The van der Waals surface area contributed by atoms with Gasteiger partial charge in [-0.2, -0.15) is 11.8 Å². The molecule has 98 valence electrons. The van der Waals surface area contributed by atoms with Crippen LogP contribution in [0.2, 0.25) is 5.02 Å². The van der Waals surface area contributed by atoms with Gasteiger partial charge in [-0.25, -0.2) is 0 Å². The Morgan fingerprint density at radius 3 is 3.11 bits per heavy atom. The number of amides is 1. The van der Waals surface area contributed by atoms with Gasteiger partial charge < -0.3 is 10.6 Å². The zero-order valence-corrected chi connectivity index (χ0v) is 11.9. The van der Waals surface area contributed by atoms with Crippen molar-refractivity contribution in [2.24, 2.45) is 0 Å². The number of hydrogen-bond donors (Lipinski definition) is 2. The van der Waals surface area contributed by atoms with Crippen molar-refractivity contribution in [3.63, 3.8) is 0 Å². The number of benzene rings is 1. The highest BCUT2D eigenvalue weighted by molar-refractivity contribution is 7.99. The topological polar surface area (TPSA) is 41.1 Å². The van der Waals surface area contributed by atoms with Crippen LogP contribution in [0, 0.1) is 6.92 Å². The average Bonchev–Trinajstić information content (AvgIpc) is 2.84. The third-order valence-electron chi connectivity index (χ3n) is 2.95. The Morgan fingerprint density at radius 1 is 1.56 bits per heavy atom. The molecular weight excluding hydrogens is 268 g/mol. The van der Waals surface area contributed by atoms with Crippen LogP contribution in [0.15, 0.2) is 18.2 Å². The summed E-state index contributed by atoms with van der Waals surface area (Å²) in [6.45, 7) is 2.31. The van der Waals surface area contributed by atoms with Crippen molar-refractivity contribution in [3.8, 4) is 0 Å². The number of halogens is 1. The third kappa shape index (κ3) is 3.90. The number of hydrogen-bond acceptors (Lipinski definition) is 3. The highest BCUT2D eigenvalue weighted by atomic mass is 35.5. The molecule has 18 heavy (non-hydrogen) atoms. The number of carbonyl (C=O) groups is 1. The first-order chi connectivity index (χ1) is 8.65. The van der Waals surface area contributed by atoms with Gasteiger partial charge in [-0.1, -0.05) is 17.7 Å². The van der Waals surface area contributed by atoms with Crippen molar-refractivity contribution in [2.45, 2.75) is 19.4 Å². The minimum atomic E-state index is -0.0164. The van der Waals surface area contributed by atoms with E-state index in [0.29, 0.717) is 17.6 Å². The molecule has 0 saturated carbocycles. The Morgan fingerprint density at radius 2 is 2.39 bits per heavy atom. The van der Waals surface area contributed by atoms with Gasteiger partial charge in [0, 0.05) is 22.5 Å². The van der Waals surface area contributed by atoms with Crippen LogP contribution < -0.4 is 10.6 Å². The summed E-state index contributed by atoms with van der Waals surface area (Å²) in [5.74, 6) is 2.27. The van der Waals surface area contributed by atoms with E-state index in [0.717, 1.165) is 23.4 Å². The molecule has 1 fully saturated rings. The van der Waals surface area contributed by atoms with Crippen molar-refractivity contribution in [1.82, 2.24) is 5.32 Å². The normalized spacial score (nSPS) is 18.9. The summed E-state index contributed by atoms with van der Waals surface area (Å²) in [4.78, 5) is 11.8. The number of thioether (sulfide) groups is 1. The fourth-order valence-electron chi connectivity index (χ4n) is 1.86. The molecular formula is C13H17ClN2OS. The van der Waals surface area contributed by atoms with E-state index in [9.17, 15) is 4.79 Å². The van der Waals surface area contributed by atoms with Crippen molar-refractivity contribution in [2.75, 3.05) is 23.4 Å². The lowest BCUT2D eigenvalue weighted by atomic mass is 10.2. The van der Waals surface area contributed by atoms with Crippen molar-refractivity contribution in [3.05, 3.63) is 28.8 Å². The molecule has 0 spiro atoms. The second-order valence-corrected chi connectivity index (χ2v) is 6.04. The molecule has 1 saturated heterocycles. The molecule has 1 atom stereocenters. The second kappa shape index (κ2) is 6.45. The first kappa shape index (κ1) is 13.7. The van der Waals surface area contributed by atoms with Gasteiger partial charge >= 0.3 is 0 Å². The quantitative estimate of drug-likeness (QED) is 0.893. The summed E-state index contributed by atoms with van der Waals surface area (Å²) in [5, 5.41) is 6.79. The van der Waals surface area contributed by atoms with E-state index in [4.69, 9.17) is 11.6 Å². The lowest BCUT2D eigenvalue weighted by Gasteiger charge is -2.12. The lowest BCUT2D eigenvalue weighted by molar-refractivity contribution is -0.115. The van der Waals surface area contributed by atoms with Gasteiger partial charge in [-0.15, -0.1) is 0 Å². The van der Waals surface area contributed by atoms with Crippen LogP contribution >= 0.6 is 23.4 Å². The molecule has 1 aliphatic heterocycles. The van der Waals surface area contributed by atoms with E-state index in [1.807, 2.05) is 30.8 Å². The molecule has 3 nitrogen and oxygen atoms in total. The maximum atomic E-state index is 11.8. The zero-order valence-electron chi connectivity index (χ0n) is 10.3. The first-order valence-electron chi connectivity index (χ1n) is 6.02. The summed E-state index contributed by atoms with van der Waals surface area (Å²) in [6, 6.07) is 5.97. The summed E-state index contributed by atoms with van der Waals surface area (Å²) in [7, 11) is 0. The van der Waals surface area contributed by atoms with Crippen LogP contribution in [0.3, 0.4) is 0 Å². The lowest BCUT2D eigenvalue weighted by Crippen LogP contribution is -2.36. The van der Waals surface area contributed by atoms with Gasteiger partial charge in [-0.3, -0.25) is 4.79 Å². The maximum Gasteiger partial charge on any atom is 0.238 e. The fraction of sp³-hybridized carbons (Fsp3) is 0.462. The zero-order chi connectivity index (χ0) is 13.0. The van der Waals surface area contributed by atoms with Crippen LogP contribution in [0.1, 0.15) is 12.0 Å². The summed E-state index contributed by atoms with van der Waals surface area (Å²) < 4.78 is 0. The fourth-order valence-corrected chi connectivity index (χ4v) is 3.21. The van der Waals surface area contributed by atoms with E-state index < -0.39 is 0 Å². The van der Waals surface area contributed by atoms with Crippen LogP contribution in [-0.4, -0.2) is 30.0 Å². The number of aryl methyl sites for hydroxylation is 1. The minimum absolute atomic E-state index is 0.0164. The number of carbonyl (C=O) groups excluding carboxylic acids is 1. The molecule has 0 aliphatic carbocycles. The molecule has 1 heterocycles. The van der Waals surface area contributed by atoms with E-state index in [1.165, 1.54) is 5.75 Å². The smallest absolute Gasteiger partial charge is 0.238 e. The van der Waals surface area contributed by atoms with Crippen molar-refractivity contribution in [1.29, 1.82) is 0 Å². The van der Waals surface area contributed by atoms with Crippen molar-refractivity contribution < 1.29 is 4.79 Å². The first-order valence-corrected chi connectivity index (χ1v) is 7.55. The molecule has 2 N–H and O–H groups in total. The maximum absolute atomic E-state index is 11.8. The Bertz CT molecular complexity index is 433. The monoisotopic (exact) mass is 284 g/mol. The molecule has 0 bridgehead atoms. The van der Waals surface area contributed by atoms with Gasteiger partial charge in [0.15, 0.2) is 0 Å². The molecule has 0 radical (unpaired) electrons. The highest BCUT2D eigenvalue weighted by Crippen LogP contribution is 2.20. The molecule has 1 amide bonds. The van der Waals surface area contributed by atoms with Gasteiger partial charge in [0.1, 0.15) is 0 Å².